The first kappa shape index (κ1) is 27.2. The standard InChI is InChI=1S/C21H16I3NO8S/c22-15-10-14(5-6-19(15)33-34(28,29)30)31-12-1-3-13(4-2-12)32-20-16(23)7-11(8-17(20)24)9-18(25)21(26)27/h1-8,10,18H,9,25H2,(H,26,27)(H,28,29,30)/t18-/m0/s1. The topological polar surface area (TPSA) is 145 Å². The summed E-state index contributed by atoms with van der Waals surface area (Å²) in [6.45, 7) is 0. The van der Waals surface area contributed by atoms with E-state index in [0.29, 0.717) is 26.6 Å². The van der Waals surface area contributed by atoms with Gasteiger partial charge in [-0.05, 0) is 134 Å². The first-order chi connectivity index (χ1) is 15.9. The minimum atomic E-state index is -4.61. The molecule has 3 rings (SSSR count). The molecule has 0 aromatic heterocycles. The smallest absolute Gasteiger partial charge is 0.446 e. The third kappa shape index (κ3) is 7.80. The molecule has 0 amide bonds. The first-order valence-electron chi connectivity index (χ1n) is 9.30. The second-order valence-corrected chi connectivity index (χ2v) is 11.3. The van der Waals surface area contributed by atoms with Crippen molar-refractivity contribution in [3.63, 3.8) is 0 Å². The van der Waals surface area contributed by atoms with Gasteiger partial charge in [0.2, 0.25) is 0 Å². The fourth-order valence-electron chi connectivity index (χ4n) is 2.72. The molecule has 0 saturated carbocycles. The van der Waals surface area contributed by atoms with Crippen molar-refractivity contribution in [3.8, 4) is 28.7 Å². The zero-order valence-electron chi connectivity index (χ0n) is 16.9. The highest BCUT2D eigenvalue weighted by Gasteiger charge is 2.16. The molecule has 0 fully saturated rings. The molecule has 0 radical (unpaired) electrons. The molecule has 0 saturated heterocycles. The van der Waals surface area contributed by atoms with Gasteiger partial charge in [0.25, 0.3) is 0 Å². The summed E-state index contributed by atoms with van der Waals surface area (Å²) in [5.41, 5.74) is 6.44. The largest absolute Gasteiger partial charge is 0.480 e. The summed E-state index contributed by atoms with van der Waals surface area (Å²) in [6, 6.07) is 14.1. The Balaban J connectivity index is 1.69. The van der Waals surface area contributed by atoms with Crippen molar-refractivity contribution in [2.75, 3.05) is 0 Å². The van der Waals surface area contributed by atoms with E-state index in [1.807, 2.05) is 34.7 Å². The molecule has 0 heterocycles. The molecule has 3 aromatic carbocycles. The predicted molar refractivity (Wildman–Crippen MR) is 149 cm³/mol. The molecule has 0 aliphatic rings. The average molecular weight is 823 g/mol. The van der Waals surface area contributed by atoms with E-state index in [-0.39, 0.29) is 12.2 Å². The van der Waals surface area contributed by atoms with Gasteiger partial charge >= 0.3 is 16.4 Å². The Morgan fingerprint density at radius 2 is 1.41 bits per heavy atom. The molecule has 4 N–H and O–H groups in total. The summed E-state index contributed by atoms with van der Waals surface area (Å²) in [4.78, 5) is 11.0. The van der Waals surface area contributed by atoms with E-state index in [1.54, 1.807) is 30.3 Å². The maximum absolute atomic E-state index is 11.0. The van der Waals surface area contributed by atoms with Crippen LogP contribution in [0.3, 0.4) is 0 Å². The molecule has 3 aromatic rings. The van der Waals surface area contributed by atoms with Gasteiger partial charge in [-0.2, -0.15) is 8.42 Å². The van der Waals surface area contributed by atoms with Gasteiger partial charge in [0.15, 0.2) is 11.5 Å². The van der Waals surface area contributed by atoms with Crippen LogP contribution in [-0.4, -0.2) is 30.1 Å². The number of rotatable bonds is 9. The highest BCUT2D eigenvalue weighted by atomic mass is 127. The van der Waals surface area contributed by atoms with E-state index in [4.69, 9.17) is 24.9 Å². The van der Waals surface area contributed by atoms with Crippen molar-refractivity contribution in [1.82, 2.24) is 0 Å². The quantitative estimate of drug-likeness (QED) is 0.196. The third-order valence-electron chi connectivity index (χ3n) is 4.21. The Morgan fingerprint density at radius 1 is 0.882 bits per heavy atom. The molecule has 0 unspecified atom stereocenters. The van der Waals surface area contributed by atoms with Crippen LogP contribution in [0.5, 0.6) is 28.7 Å². The number of carboxylic acids is 1. The molecule has 0 spiro atoms. The lowest BCUT2D eigenvalue weighted by molar-refractivity contribution is -0.138. The molecule has 1 atom stereocenters. The summed E-state index contributed by atoms with van der Waals surface area (Å²) in [5, 5.41) is 9.01. The number of hydrogen-bond acceptors (Lipinski definition) is 7. The van der Waals surface area contributed by atoms with Crippen molar-refractivity contribution in [1.29, 1.82) is 0 Å². The Hall–Kier alpha value is -1.41. The predicted octanol–water partition coefficient (Wildman–Crippen LogP) is 5.22. The highest BCUT2D eigenvalue weighted by molar-refractivity contribution is 14.1. The van der Waals surface area contributed by atoms with Gasteiger partial charge in [0, 0.05) is 0 Å². The molecule has 0 aliphatic heterocycles. The van der Waals surface area contributed by atoms with Gasteiger partial charge in [-0.25, -0.2) is 0 Å². The second-order valence-electron chi connectivity index (χ2n) is 6.82. The van der Waals surface area contributed by atoms with Crippen LogP contribution in [0.15, 0.2) is 54.6 Å². The number of carboxylic acid groups (broad SMARTS) is 1. The van der Waals surface area contributed by atoms with Crippen molar-refractivity contribution in [2.45, 2.75) is 12.5 Å². The Bertz CT molecular complexity index is 1290. The van der Waals surface area contributed by atoms with Crippen LogP contribution in [0.2, 0.25) is 0 Å². The number of halogens is 3. The minimum absolute atomic E-state index is 0.0145. The summed E-state index contributed by atoms with van der Waals surface area (Å²) in [5.74, 6) is 1.12. The van der Waals surface area contributed by atoms with E-state index in [9.17, 15) is 13.2 Å². The summed E-state index contributed by atoms with van der Waals surface area (Å²) >= 11 is 6.13. The zero-order chi connectivity index (χ0) is 25.0. The van der Waals surface area contributed by atoms with Gasteiger partial charge < -0.3 is 24.5 Å². The highest BCUT2D eigenvalue weighted by Crippen LogP contribution is 2.35. The number of hydrogen-bond donors (Lipinski definition) is 3. The van der Waals surface area contributed by atoms with Crippen LogP contribution in [0.4, 0.5) is 0 Å². The average Bonchev–Trinajstić information content (AvgIpc) is 2.73. The summed E-state index contributed by atoms with van der Waals surface area (Å²) in [6.07, 6.45) is 0.218. The van der Waals surface area contributed by atoms with Gasteiger partial charge in [0.05, 0.1) is 10.7 Å². The Labute approximate surface area is 236 Å². The lowest BCUT2D eigenvalue weighted by Crippen LogP contribution is -2.32. The molecular weight excluding hydrogens is 807 g/mol. The fraction of sp³-hybridized carbons (Fsp3) is 0.0952. The van der Waals surface area contributed by atoms with Gasteiger partial charge in [-0.1, -0.05) is 0 Å². The monoisotopic (exact) mass is 823 g/mol. The van der Waals surface area contributed by atoms with Crippen molar-refractivity contribution < 1.29 is 36.5 Å². The molecule has 9 nitrogen and oxygen atoms in total. The maximum atomic E-state index is 11.0. The molecule has 13 heteroatoms. The fourth-order valence-corrected chi connectivity index (χ4v) is 5.96. The number of carbonyl (C=O) groups is 1. The molecule has 0 bridgehead atoms. The maximum Gasteiger partial charge on any atom is 0.446 e. The van der Waals surface area contributed by atoms with E-state index in [2.05, 4.69) is 49.4 Å². The van der Waals surface area contributed by atoms with Crippen LogP contribution < -0.4 is 19.4 Å². The van der Waals surface area contributed by atoms with Crippen LogP contribution in [0.25, 0.3) is 0 Å². The molecule has 180 valence electrons. The molecular formula is C21H16I3NO8S. The van der Waals surface area contributed by atoms with Gasteiger partial charge in [-0.3, -0.25) is 9.35 Å². The van der Waals surface area contributed by atoms with Crippen molar-refractivity contribution >= 4 is 84.1 Å². The first-order valence-corrected chi connectivity index (χ1v) is 13.9. The van der Waals surface area contributed by atoms with E-state index in [1.165, 1.54) is 12.1 Å². The van der Waals surface area contributed by atoms with E-state index < -0.39 is 22.4 Å². The Kier molecular flexibility index (Phi) is 9.23. The van der Waals surface area contributed by atoms with Crippen molar-refractivity contribution in [3.05, 3.63) is 70.9 Å². The number of benzene rings is 3. The van der Waals surface area contributed by atoms with Crippen LogP contribution in [0, 0.1) is 10.7 Å². The minimum Gasteiger partial charge on any atom is -0.480 e. The van der Waals surface area contributed by atoms with E-state index in [0.717, 1.165) is 12.7 Å². The third-order valence-corrected chi connectivity index (χ3v) is 7.04. The lowest BCUT2D eigenvalue weighted by atomic mass is 10.1. The number of nitrogens with two attached hydrogens (primary N) is 1. The van der Waals surface area contributed by atoms with Gasteiger partial charge in [0.1, 0.15) is 23.3 Å². The number of ether oxygens (including phenoxy) is 2. The lowest BCUT2D eigenvalue weighted by Gasteiger charge is -2.14. The normalized spacial score (nSPS) is 12.1. The Morgan fingerprint density at radius 3 is 1.91 bits per heavy atom. The van der Waals surface area contributed by atoms with Gasteiger partial charge in [-0.15, -0.1) is 0 Å². The summed E-state index contributed by atoms with van der Waals surface area (Å²) < 4.78 is 48.9. The molecule has 0 aliphatic carbocycles. The van der Waals surface area contributed by atoms with Crippen molar-refractivity contribution in [2.24, 2.45) is 5.73 Å². The second kappa shape index (κ2) is 11.5. The number of aliphatic carboxylic acids is 1. The molecule has 34 heavy (non-hydrogen) atoms. The van der Waals surface area contributed by atoms with Crippen LogP contribution in [-0.2, 0) is 21.6 Å². The zero-order valence-corrected chi connectivity index (χ0v) is 24.2. The van der Waals surface area contributed by atoms with E-state index >= 15 is 0 Å². The van der Waals surface area contributed by atoms with Crippen LogP contribution in [0.1, 0.15) is 5.56 Å². The summed E-state index contributed by atoms with van der Waals surface area (Å²) in [7, 11) is -4.61. The SMILES string of the molecule is N[C@@H](Cc1cc(I)c(Oc2ccc(Oc3ccc(OS(=O)(=O)O)c(I)c3)cc2)c(I)c1)C(=O)O. The van der Waals surface area contributed by atoms with Crippen LogP contribution >= 0.6 is 67.8 Å².